The van der Waals surface area contributed by atoms with Gasteiger partial charge in [0.05, 0.1) is 17.0 Å². The number of ether oxygens (including phenoxy) is 1. The Hall–Kier alpha value is -4.32. The van der Waals surface area contributed by atoms with Crippen LogP contribution in [0.25, 0.3) is 5.95 Å². The van der Waals surface area contributed by atoms with Crippen LogP contribution in [0.3, 0.4) is 0 Å². The molecule has 4 rings (SSSR count). The molecule has 11 nitrogen and oxygen atoms in total. The monoisotopic (exact) mass is 494 g/mol. The van der Waals surface area contributed by atoms with Gasteiger partial charge in [-0.2, -0.15) is 9.78 Å². The van der Waals surface area contributed by atoms with Gasteiger partial charge < -0.3 is 19.8 Å². The van der Waals surface area contributed by atoms with Crippen LogP contribution in [0.15, 0.2) is 41.0 Å². The number of esters is 1. The van der Waals surface area contributed by atoms with Crippen LogP contribution in [0.5, 0.6) is 0 Å². The molecule has 35 heavy (non-hydrogen) atoms. The predicted molar refractivity (Wildman–Crippen MR) is 128 cm³/mol. The third-order valence-electron chi connectivity index (χ3n) is 4.68. The van der Waals surface area contributed by atoms with Gasteiger partial charge in [0.1, 0.15) is 10.7 Å². The molecule has 0 saturated carbocycles. The number of aromatic nitrogens is 4. The van der Waals surface area contributed by atoms with E-state index >= 15 is 0 Å². The summed E-state index contributed by atoms with van der Waals surface area (Å²) in [4.78, 5) is 46.2. The Morgan fingerprint density at radius 1 is 1.03 bits per heavy atom. The van der Waals surface area contributed by atoms with Gasteiger partial charge in [0.15, 0.2) is 12.4 Å². The van der Waals surface area contributed by atoms with Gasteiger partial charge in [-0.25, -0.2) is 14.8 Å². The molecule has 4 aromatic rings. The van der Waals surface area contributed by atoms with Crippen molar-refractivity contribution in [1.82, 2.24) is 19.7 Å². The molecule has 0 bridgehead atoms. The van der Waals surface area contributed by atoms with Gasteiger partial charge in [0, 0.05) is 17.5 Å². The molecular formula is C23H22N6O5S. The zero-order chi connectivity index (χ0) is 25.1. The fourth-order valence-corrected chi connectivity index (χ4v) is 4.21. The van der Waals surface area contributed by atoms with Crippen molar-refractivity contribution >= 4 is 39.9 Å². The molecule has 0 radical (unpaired) electrons. The first-order valence-corrected chi connectivity index (χ1v) is 11.3. The Morgan fingerprint density at radius 2 is 1.77 bits per heavy atom. The van der Waals surface area contributed by atoms with Crippen LogP contribution < -0.4 is 10.6 Å². The van der Waals surface area contributed by atoms with Crippen molar-refractivity contribution in [1.29, 1.82) is 0 Å². The van der Waals surface area contributed by atoms with Crippen LogP contribution in [0.4, 0.5) is 10.8 Å². The standard InChI is InChI=1S/C23H22N6O5S/c1-12-8-19(27-21(31)16-6-5-7-33-16)35-20(12)22(32)34-11-18(30)26-17-10-15(4)28-29(17)23-24-13(2)9-14(3)25-23/h5-10H,11H2,1-4H3,(H,26,30)(H,27,31). The molecule has 4 heterocycles. The first kappa shape index (κ1) is 23.8. The van der Waals surface area contributed by atoms with Crippen LogP contribution in [0, 0.1) is 27.7 Å². The fourth-order valence-electron chi connectivity index (χ4n) is 3.25. The molecule has 0 saturated heterocycles. The lowest BCUT2D eigenvalue weighted by molar-refractivity contribution is -0.119. The minimum Gasteiger partial charge on any atom is -0.459 e. The largest absolute Gasteiger partial charge is 0.459 e. The highest BCUT2D eigenvalue weighted by molar-refractivity contribution is 7.18. The Morgan fingerprint density at radius 3 is 2.46 bits per heavy atom. The number of rotatable bonds is 7. The molecule has 180 valence electrons. The maximum absolute atomic E-state index is 12.6. The number of nitrogens with one attached hydrogen (secondary N) is 2. The number of carbonyl (C=O) groups is 3. The second-order valence-electron chi connectivity index (χ2n) is 7.71. The summed E-state index contributed by atoms with van der Waals surface area (Å²) >= 11 is 1.04. The second-order valence-corrected chi connectivity index (χ2v) is 8.76. The Balaban J connectivity index is 1.39. The number of thiophene rings is 1. The first-order chi connectivity index (χ1) is 16.7. The fraction of sp³-hybridized carbons (Fsp3) is 0.217. The van der Waals surface area contributed by atoms with Gasteiger partial charge in [0.2, 0.25) is 0 Å². The highest BCUT2D eigenvalue weighted by atomic mass is 32.1. The average molecular weight is 495 g/mol. The average Bonchev–Trinajstić information content (AvgIpc) is 3.52. The van der Waals surface area contributed by atoms with E-state index < -0.39 is 24.4 Å². The summed E-state index contributed by atoms with van der Waals surface area (Å²) < 4.78 is 11.7. The molecule has 4 aromatic heterocycles. The van der Waals surface area contributed by atoms with E-state index in [1.807, 2.05) is 19.9 Å². The van der Waals surface area contributed by atoms with Crippen molar-refractivity contribution in [2.24, 2.45) is 0 Å². The second kappa shape index (κ2) is 9.89. The number of furan rings is 1. The zero-order valence-corrected chi connectivity index (χ0v) is 20.2. The van der Waals surface area contributed by atoms with Gasteiger partial charge >= 0.3 is 5.97 Å². The van der Waals surface area contributed by atoms with Crippen LogP contribution in [0.1, 0.15) is 42.9 Å². The number of anilines is 2. The molecule has 0 spiro atoms. The first-order valence-electron chi connectivity index (χ1n) is 10.5. The van der Waals surface area contributed by atoms with Crippen LogP contribution in [-0.2, 0) is 9.53 Å². The highest BCUT2D eigenvalue weighted by Gasteiger charge is 2.20. The molecule has 0 aliphatic heterocycles. The molecule has 2 N–H and O–H groups in total. The van der Waals surface area contributed by atoms with E-state index in [4.69, 9.17) is 9.15 Å². The number of carbonyl (C=O) groups excluding carboxylic acids is 3. The normalized spacial score (nSPS) is 10.7. The maximum atomic E-state index is 12.6. The van der Waals surface area contributed by atoms with Gasteiger partial charge in [-0.3, -0.25) is 9.59 Å². The molecule has 0 aliphatic rings. The van der Waals surface area contributed by atoms with Crippen molar-refractivity contribution in [3.05, 3.63) is 69.9 Å². The number of hydrogen-bond acceptors (Lipinski definition) is 9. The summed E-state index contributed by atoms with van der Waals surface area (Å²) in [5.74, 6) is -0.842. The summed E-state index contributed by atoms with van der Waals surface area (Å²) in [6.45, 7) is 6.65. The number of amides is 2. The van der Waals surface area contributed by atoms with Crippen LogP contribution in [-0.4, -0.2) is 44.1 Å². The topological polar surface area (TPSA) is 141 Å². The lowest BCUT2D eigenvalue weighted by Crippen LogP contribution is -2.22. The van der Waals surface area contributed by atoms with Gasteiger partial charge in [-0.05, 0) is 57.5 Å². The molecular weight excluding hydrogens is 472 g/mol. The number of hydrogen-bond donors (Lipinski definition) is 2. The maximum Gasteiger partial charge on any atom is 0.349 e. The summed E-state index contributed by atoms with van der Waals surface area (Å²) in [5, 5.41) is 10.1. The SMILES string of the molecule is Cc1cc(C)nc(-n2nc(C)cc2NC(=O)COC(=O)c2sc(NC(=O)c3ccco3)cc2C)n1. The van der Waals surface area contributed by atoms with Crippen molar-refractivity contribution < 1.29 is 23.5 Å². The number of nitrogens with zero attached hydrogens (tertiary/aromatic N) is 4. The Kier molecular flexibility index (Phi) is 6.73. The predicted octanol–water partition coefficient (Wildman–Crippen LogP) is 3.60. The van der Waals surface area contributed by atoms with Crippen molar-refractivity contribution in [3.8, 4) is 5.95 Å². The molecule has 0 atom stereocenters. The quantitative estimate of drug-likeness (QED) is 0.371. The lowest BCUT2D eigenvalue weighted by atomic mass is 10.3. The zero-order valence-electron chi connectivity index (χ0n) is 19.4. The molecule has 0 fully saturated rings. The molecule has 2 amide bonds. The van der Waals surface area contributed by atoms with E-state index in [1.54, 1.807) is 32.0 Å². The minimum absolute atomic E-state index is 0.151. The lowest BCUT2D eigenvalue weighted by Gasteiger charge is -2.09. The Labute approximate surface area is 204 Å². The van der Waals surface area contributed by atoms with Gasteiger partial charge in [0.25, 0.3) is 17.8 Å². The van der Waals surface area contributed by atoms with Gasteiger partial charge in [-0.15, -0.1) is 11.3 Å². The van der Waals surface area contributed by atoms with E-state index in [0.29, 0.717) is 28.0 Å². The molecule has 0 aromatic carbocycles. The van der Waals surface area contributed by atoms with Crippen LogP contribution in [0.2, 0.25) is 0 Å². The third-order valence-corrected chi connectivity index (χ3v) is 5.81. The van der Waals surface area contributed by atoms with E-state index in [-0.39, 0.29) is 10.6 Å². The van der Waals surface area contributed by atoms with Crippen molar-refractivity contribution in [2.75, 3.05) is 17.2 Å². The van der Waals surface area contributed by atoms with E-state index in [0.717, 1.165) is 22.7 Å². The summed E-state index contributed by atoms with van der Waals surface area (Å²) in [6, 6.07) is 8.28. The molecule has 0 unspecified atom stereocenters. The highest BCUT2D eigenvalue weighted by Crippen LogP contribution is 2.28. The van der Waals surface area contributed by atoms with Gasteiger partial charge in [-0.1, -0.05) is 0 Å². The van der Waals surface area contributed by atoms with E-state index in [1.165, 1.54) is 17.0 Å². The minimum atomic E-state index is -0.677. The number of aryl methyl sites for hydroxylation is 4. The van der Waals surface area contributed by atoms with Crippen molar-refractivity contribution in [3.63, 3.8) is 0 Å². The Bertz CT molecular complexity index is 1390. The van der Waals surface area contributed by atoms with E-state index in [9.17, 15) is 14.4 Å². The van der Waals surface area contributed by atoms with Crippen molar-refractivity contribution in [2.45, 2.75) is 27.7 Å². The molecule has 0 aliphatic carbocycles. The summed E-state index contributed by atoms with van der Waals surface area (Å²) in [6.07, 6.45) is 1.39. The summed E-state index contributed by atoms with van der Waals surface area (Å²) in [7, 11) is 0. The molecule has 12 heteroatoms. The summed E-state index contributed by atoms with van der Waals surface area (Å²) in [5.41, 5.74) is 2.78. The van der Waals surface area contributed by atoms with Crippen LogP contribution >= 0.6 is 11.3 Å². The third kappa shape index (κ3) is 5.61. The van der Waals surface area contributed by atoms with E-state index in [2.05, 4.69) is 25.7 Å². The smallest absolute Gasteiger partial charge is 0.349 e.